The summed E-state index contributed by atoms with van der Waals surface area (Å²) in [6.07, 6.45) is 0.755. The molecule has 5 nitrogen and oxygen atoms in total. The normalized spacial score (nSPS) is 11.2. The quantitative estimate of drug-likeness (QED) is 0.502. The van der Waals surface area contributed by atoms with E-state index in [0.717, 1.165) is 30.1 Å². The molecule has 0 atom stereocenters. The molecule has 0 heterocycles. The molecule has 0 aliphatic rings. The van der Waals surface area contributed by atoms with Crippen LogP contribution in [0.15, 0.2) is 51.9 Å². The molecule has 0 aliphatic carbocycles. The number of hydrogen-bond donors (Lipinski definition) is 2. The van der Waals surface area contributed by atoms with E-state index < -0.39 is 0 Å². The maximum atomic E-state index is 13.3. The van der Waals surface area contributed by atoms with Crippen LogP contribution in [0, 0.1) is 5.82 Å². The van der Waals surface area contributed by atoms with Crippen molar-refractivity contribution in [3.8, 4) is 0 Å². The summed E-state index contributed by atoms with van der Waals surface area (Å²) in [6.45, 7) is 3.95. The number of guanidine groups is 1. The maximum absolute atomic E-state index is 13.3. The van der Waals surface area contributed by atoms with Crippen LogP contribution in [0.5, 0.6) is 0 Å². The number of nitrogens with zero attached hydrogens (tertiary/aromatic N) is 2. The molecule has 0 aliphatic heterocycles. The summed E-state index contributed by atoms with van der Waals surface area (Å²) in [5.41, 5.74) is 2.72. The molecule has 0 spiro atoms. The van der Waals surface area contributed by atoms with Gasteiger partial charge in [0.1, 0.15) is 5.82 Å². The Labute approximate surface area is 174 Å². The molecule has 1 amide bonds. The van der Waals surface area contributed by atoms with E-state index in [4.69, 9.17) is 0 Å². The number of amides is 1. The summed E-state index contributed by atoms with van der Waals surface area (Å²) in [5, 5.41) is 6.50. The molecular formula is C21H26BrFN4O. The van der Waals surface area contributed by atoms with Crippen molar-refractivity contribution in [2.75, 3.05) is 27.2 Å². The summed E-state index contributed by atoms with van der Waals surface area (Å²) in [5.74, 6) is 0.444. The largest absolute Gasteiger partial charge is 0.357 e. The first-order chi connectivity index (χ1) is 13.4. The average molecular weight is 449 g/mol. The molecule has 7 heteroatoms. The van der Waals surface area contributed by atoms with Gasteiger partial charge in [0.05, 0.1) is 11.0 Å². The topological polar surface area (TPSA) is 56.7 Å². The highest BCUT2D eigenvalue weighted by atomic mass is 79.9. The number of benzene rings is 2. The second kappa shape index (κ2) is 10.8. The van der Waals surface area contributed by atoms with Crippen molar-refractivity contribution in [2.24, 2.45) is 4.99 Å². The zero-order valence-corrected chi connectivity index (χ0v) is 18.0. The second-order valence-electron chi connectivity index (χ2n) is 6.52. The molecular weight excluding hydrogens is 423 g/mol. The van der Waals surface area contributed by atoms with Gasteiger partial charge in [0.15, 0.2) is 5.96 Å². The summed E-state index contributed by atoms with van der Waals surface area (Å²) in [6, 6.07) is 12.5. The van der Waals surface area contributed by atoms with Crippen molar-refractivity contribution in [3.63, 3.8) is 0 Å². The van der Waals surface area contributed by atoms with Gasteiger partial charge in [0.25, 0.3) is 5.91 Å². The molecule has 28 heavy (non-hydrogen) atoms. The first-order valence-electron chi connectivity index (χ1n) is 9.17. The average Bonchev–Trinajstić information content (AvgIpc) is 2.68. The maximum Gasteiger partial charge on any atom is 0.253 e. The van der Waals surface area contributed by atoms with Crippen LogP contribution in [0.25, 0.3) is 0 Å². The minimum Gasteiger partial charge on any atom is -0.357 e. The Morgan fingerprint density at radius 2 is 1.79 bits per heavy atom. The van der Waals surface area contributed by atoms with E-state index in [-0.39, 0.29) is 11.7 Å². The van der Waals surface area contributed by atoms with Crippen molar-refractivity contribution < 1.29 is 9.18 Å². The number of carbonyl (C=O) groups excluding carboxylic acids is 1. The van der Waals surface area contributed by atoms with E-state index in [1.165, 1.54) is 6.07 Å². The van der Waals surface area contributed by atoms with Gasteiger partial charge in [-0.3, -0.25) is 4.79 Å². The summed E-state index contributed by atoms with van der Waals surface area (Å²) in [4.78, 5) is 18.1. The predicted molar refractivity (Wildman–Crippen MR) is 115 cm³/mol. The fourth-order valence-electron chi connectivity index (χ4n) is 2.54. The zero-order chi connectivity index (χ0) is 20.5. The first kappa shape index (κ1) is 21.9. The van der Waals surface area contributed by atoms with Crippen molar-refractivity contribution in [1.82, 2.24) is 15.5 Å². The number of carbonyl (C=O) groups is 1. The smallest absolute Gasteiger partial charge is 0.253 e. The van der Waals surface area contributed by atoms with Crippen molar-refractivity contribution in [2.45, 2.75) is 19.9 Å². The van der Waals surface area contributed by atoms with Crippen LogP contribution in [0.4, 0.5) is 4.39 Å². The highest BCUT2D eigenvalue weighted by Crippen LogP contribution is 2.16. The van der Waals surface area contributed by atoms with Gasteiger partial charge in [-0.2, -0.15) is 0 Å². The molecule has 0 unspecified atom stereocenters. The second-order valence-corrected chi connectivity index (χ2v) is 7.37. The predicted octanol–water partition coefficient (Wildman–Crippen LogP) is 3.59. The number of nitrogens with one attached hydrogen (secondary N) is 2. The van der Waals surface area contributed by atoms with Crippen molar-refractivity contribution >= 4 is 27.8 Å². The van der Waals surface area contributed by atoms with E-state index in [1.54, 1.807) is 31.1 Å². The molecule has 2 aromatic rings. The van der Waals surface area contributed by atoms with Crippen LogP contribution >= 0.6 is 15.9 Å². The standard InChI is InChI=1S/C21H26BrFN4O/c1-4-24-21(25-12-11-15-7-10-19(23)18(22)13-15)26-14-16-5-8-17(9-6-16)20(28)27(2)3/h5-10,13H,4,11-12,14H2,1-3H3,(H2,24,25,26). The molecule has 0 aromatic heterocycles. The number of aliphatic imine (C=N–C) groups is 1. The van der Waals surface area contributed by atoms with E-state index in [0.29, 0.717) is 23.1 Å². The van der Waals surface area contributed by atoms with Crippen LogP contribution in [0.1, 0.15) is 28.4 Å². The zero-order valence-electron chi connectivity index (χ0n) is 16.4. The van der Waals surface area contributed by atoms with Gasteiger partial charge in [-0.25, -0.2) is 9.38 Å². The van der Waals surface area contributed by atoms with Gasteiger partial charge in [-0.1, -0.05) is 18.2 Å². The Bertz CT molecular complexity index is 822. The van der Waals surface area contributed by atoms with Crippen LogP contribution in [-0.2, 0) is 13.0 Å². The highest BCUT2D eigenvalue weighted by molar-refractivity contribution is 9.10. The third-order valence-corrected chi connectivity index (χ3v) is 4.67. The van der Waals surface area contributed by atoms with E-state index >= 15 is 0 Å². The summed E-state index contributed by atoms with van der Waals surface area (Å²) >= 11 is 3.21. The Morgan fingerprint density at radius 3 is 2.39 bits per heavy atom. The molecule has 0 saturated carbocycles. The molecule has 0 fully saturated rings. The van der Waals surface area contributed by atoms with Gasteiger partial charge >= 0.3 is 0 Å². The molecule has 2 N–H and O–H groups in total. The molecule has 150 valence electrons. The lowest BCUT2D eigenvalue weighted by Crippen LogP contribution is -2.38. The molecule has 0 radical (unpaired) electrons. The Kier molecular flexibility index (Phi) is 8.44. The molecule has 2 aromatic carbocycles. The lowest BCUT2D eigenvalue weighted by molar-refractivity contribution is 0.0827. The van der Waals surface area contributed by atoms with Gasteiger partial charge in [-0.05, 0) is 64.7 Å². The minimum atomic E-state index is -0.259. The van der Waals surface area contributed by atoms with Crippen LogP contribution in [-0.4, -0.2) is 44.0 Å². The molecule has 2 rings (SSSR count). The fourth-order valence-corrected chi connectivity index (χ4v) is 2.97. The monoisotopic (exact) mass is 448 g/mol. The number of rotatable bonds is 7. The lowest BCUT2D eigenvalue weighted by atomic mass is 10.1. The minimum absolute atomic E-state index is 0.0162. The van der Waals surface area contributed by atoms with Crippen LogP contribution in [0.2, 0.25) is 0 Å². The van der Waals surface area contributed by atoms with Crippen molar-refractivity contribution in [1.29, 1.82) is 0 Å². The van der Waals surface area contributed by atoms with E-state index in [1.807, 2.05) is 31.2 Å². The third-order valence-electron chi connectivity index (χ3n) is 4.06. The lowest BCUT2D eigenvalue weighted by Gasteiger charge is -2.12. The highest BCUT2D eigenvalue weighted by Gasteiger charge is 2.07. The first-order valence-corrected chi connectivity index (χ1v) is 9.96. The summed E-state index contributed by atoms with van der Waals surface area (Å²) in [7, 11) is 3.47. The van der Waals surface area contributed by atoms with Crippen molar-refractivity contribution in [3.05, 3.63) is 69.4 Å². The van der Waals surface area contributed by atoms with E-state index in [9.17, 15) is 9.18 Å². The van der Waals surface area contributed by atoms with Crippen LogP contribution < -0.4 is 10.6 Å². The third kappa shape index (κ3) is 6.64. The van der Waals surface area contributed by atoms with Gasteiger partial charge < -0.3 is 15.5 Å². The van der Waals surface area contributed by atoms with Gasteiger partial charge in [0.2, 0.25) is 0 Å². The molecule has 0 saturated heterocycles. The SMILES string of the molecule is CCNC(=NCc1ccc(C(=O)N(C)C)cc1)NCCc1ccc(F)c(Br)c1. The molecule has 0 bridgehead atoms. The van der Waals surface area contributed by atoms with Gasteiger partial charge in [-0.15, -0.1) is 0 Å². The van der Waals surface area contributed by atoms with E-state index in [2.05, 4.69) is 31.6 Å². The van der Waals surface area contributed by atoms with Gasteiger partial charge in [0, 0.05) is 32.7 Å². The Hall–Kier alpha value is -2.41. The van der Waals surface area contributed by atoms with Crippen LogP contribution in [0.3, 0.4) is 0 Å². The Balaban J connectivity index is 1.92. The fraction of sp³-hybridized carbons (Fsp3) is 0.333. The number of halogens is 2. The Morgan fingerprint density at radius 1 is 1.11 bits per heavy atom. The number of hydrogen-bond acceptors (Lipinski definition) is 2. The summed E-state index contributed by atoms with van der Waals surface area (Å²) < 4.78 is 13.8.